The molecule has 1 heterocycles. The molecule has 0 atom stereocenters. The molecule has 6 nitrogen and oxygen atoms in total. The summed E-state index contributed by atoms with van der Waals surface area (Å²) in [5.41, 5.74) is 6.39. The number of halogens is 2. The Balaban J connectivity index is 1.91. The van der Waals surface area contributed by atoms with Crippen LogP contribution >= 0.6 is 11.6 Å². The number of benzene rings is 2. The lowest BCUT2D eigenvalue weighted by Gasteiger charge is -2.14. The van der Waals surface area contributed by atoms with Gasteiger partial charge in [0.25, 0.3) is 0 Å². The van der Waals surface area contributed by atoms with Gasteiger partial charge in [0, 0.05) is 11.1 Å². The summed E-state index contributed by atoms with van der Waals surface area (Å²) >= 11 is 6.31. The molecule has 0 aliphatic carbocycles. The van der Waals surface area contributed by atoms with Gasteiger partial charge in [0.05, 0.1) is 11.6 Å². The molecule has 0 radical (unpaired) electrons. The molecule has 0 saturated heterocycles. The second-order valence-electron chi connectivity index (χ2n) is 5.04. The molecule has 3 aromatic rings. The van der Waals surface area contributed by atoms with Gasteiger partial charge in [0.1, 0.15) is 12.4 Å². The zero-order chi connectivity index (χ0) is 17.8. The average molecular weight is 364 g/mol. The van der Waals surface area contributed by atoms with Gasteiger partial charge in [0.2, 0.25) is 5.89 Å². The van der Waals surface area contributed by atoms with E-state index in [-0.39, 0.29) is 29.4 Å². The van der Waals surface area contributed by atoms with E-state index in [0.29, 0.717) is 29.2 Å². The monoisotopic (exact) mass is 363 g/mol. The van der Waals surface area contributed by atoms with Crippen molar-refractivity contribution in [2.24, 2.45) is 0 Å². The number of nitrogens with zero attached hydrogens (tertiary/aromatic N) is 2. The van der Waals surface area contributed by atoms with E-state index in [4.69, 9.17) is 31.2 Å². The number of nitrogens with two attached hydrogens (primary N) is 1. The quantitative estimate of drug-likeness (QED) is 0.710. The van der Waals surface area contributed by atoms with Gasteiger partial charge in [0.15, 0.2) is 11.5 Å². The SMILES string of the molecule is CCOc1cc(-c2nnc(N)o2)cc(Cl)c1OCc1ccccc1F. The van der Waals surface area contributed by atoms with Gasteiger partial charge in [-0.25, -0.2) is 4.39 Å². The highest BCUT2D eigenvalue weighted by atomic mass is 35.5. The number of rotatable bonds is 6. The zero-order valence-electron chi connectivity index (χ0n) is 13.3. The predicted octanol–water partition coefficient (Wildman–Crippen LogP) is 4.09. The lowest BCUT2D eigenvalue weighted by molar-refractivity contribution is 0.266. The van der Waals surface area contributed by atoms with E-state index in [0.717, 1.165) is 0 Å². The van der Waals surface area contributed by atoms with Crippen LogP contribution in [0.25, 0.3) is 11.5 Å². The van der Waals surface area contributed by atoms with Crippen LogP contribution in [0, 0.1) is 5.82 Å². The van der Waals surface area contributed by atoms with Gasteiger partial charge >= 0.3 is 6.01 Å². The lowest BCUT2D eigenvalue weighted by Crippen LogP contribution is -2.02. The highest BCUT2D eigenvalue weighted by Gasteiger charge is 2.17. The first-order chi connectivity index (χ1) is 12.1. The minimum absolute atomic E-state index is 0.0132. The van der Waals surface area contributed by atoms with Crippen molar-refractivity contribution >= 4 is 17.6 Å². The molecular formula is C17H15ClFN3O3. The van der Waals surface area contributed by atoms with Crippen molar-refractivity contribution in [1.29, 1.82) is 0 Å². The Hall–Kier alpha value is -2.80. The average Bonchev–Trinajstić information content (AvgIpc) is 3.02. The number of ether oxygens (including phenoxy) is 2. The molecule has 25 heavy (non-hydrogen) atoms. The van der Waals surface area contributed by atoms with Crippen molar-refractivity contribution < 1.29 is 18.3 Å². The van der Waals surface area contributed by atoms with Gasteiger partial charge in [-0.3, -0.25) is 0 Å². The molecule has 3 rings (SSSR count). The second-order valence-corrected chi connectivity index (χ2v) is 5.45. The summed E-state index contributed by atoms with van der Waals surface area (Å²) in [6.45, 7) is 2.23. The summed E-state index contributed by atoms with van der Waals surface area (Å²) in [5.74, 6) is 0.552. The fourth-order valence-electron chi connectivity index (χ4n) is 2.21. The number of nitrogen functional groups attached to an aromatic ring is 1. The van der Waals surface area contributed by atoms with Gasteiger partial charge in [-0.1, -0.05) is 34.9 Å². The molecule has 8 heteroatoms. The third-order valence-corrected chi connectivity index (χ3v) is 3.61. The molecule has 2 N–H and O–H groups in total. The van der Waals surface area contributed by atoms with Gasteiger partial charge in [-0.05, 0) is 25.1 Å². The maximum atomic E-state index is 13.7. The topological polar surface area (TPSA) is 83.4 Å². The second kappa shape index (κ2) is 7.40. The van der Waals surface area contributed by atoms with E-state index < -0.39 is 0 Å². The molecule has 1 aromatic heterocycles. The summed E-state index contributed by atoms with van der Waals surface area (Å²) in [5, 5.41) is 7.70. The molecule has 0 amide bonds. The zero-order valence-corrected chi connectivity index (χ0v) is 14.1. The summed E-state index contributed by atoms with van der Waals surface area (Å²) in [6.07, 6.45) is 0. The van der Waals surface area contributed by atoms with Crippen molar-refractivity contribution in [1.82, 2.24) is 10.2 Å². The highest BCUT2D eigenvalue weighted by Crippen LogP contribution is 2.40. The van der Waals surface area contributed by atoms with Crippen LogP contribution in [-0.2, 0) is 6.61 Å². The van der Waals surface area contributed by atoms with Crippen LogP contribution in [0.1, 0.15) is 12.5 Å². The first-order valence-electron chi connectivity index (χ1n) is 7.50. The Morgan fingerprint density at radius 2 is 2.00 bits per heavy atom. The third kappa shape index (κ3) is 3.83. The minimum atomic E-state index is -0.352. The van der Waals surface area contributed by atoms with Crippen LogP contribution in [0.3, 0.4) is 0 Å². The van der Waals surface area contributed by atoms with Gasteiger partial charge in [-0.2, -0.15) is 0 Å². The maximum Gasteiger partial charge on any atom is 0.313 e. The van der Waals surface area contributed by atoms with Crippen molar-refractivity contribution in [3.05, 3.63) is 52.8 Å². The molecule has 0 unspecified atom stereocenters. The largest absolute Gasteiger partial charge is 0.490 e. The van der Waals surface area contributed by atoms with E-state index in [1.807, 2.05) is 6.92 Å². The van der Waals surface area contributed by atoms with Gasteiger partial charge < -0.3 is 19.6 Å². The van der Waals surface area contributed by atoms with Crippen LogP contribution in [0.5, 0.6) is 11.5 Å². The fraction of sp³-hybridized carbons (Fsp3) is 0.176. The Morgan fingerprint density at radius 3 is 2.68 bits per heavy atom. The fourth-order valence-corrected chi connectivity index (χ4v) is 2.48. The molecular weight excluding hydrogens is 349 g/mol. The Bertz CT molecular complexity index is 885. The van der Waals surface area contributed by atoms with Crippen molar-refractivity contribution in [3.63, 3.8) is 0 Å². The normalized spacial score (nSPS) is 10.7. The molecule has 0 saturated carbocycles. The standard InChI is InChI=1S/C17H15ClFN3O3/c1-2-23-14-8-11(16-21-22-17(20)25-16)7-12(18)15(14)24-9-10-5-3-4-6-13(10)19/h3-8H,2,9H2,1H3,(H2,20,22). The summed E-state index contributed by atoms with van der Waals surface area (Å²) < 4.78 is 30.2. The molecule has 0 aliphatic heterocycles. The van der Waals surface area contributed by atoms with E-state index >= 15 is 0 Å². The number of hydrogen-bond acceptors (Lipinski definition) is 6. The molecule has 130 valence electrons. The van der Waals surface area contributed by atoms with Crippen molar-refractivity contribution in [2.45, 2.75) is 13.5 Å². The summed E-state index contributed by atoms with van der Waals surface area (Å²) in [7, 11) is 0. The Morgan fingerprint density at radius 1 is 1.20 bits per heavy atom. The minimum Gasteiger partial charge on any atom is -0.490 e. The van der Waals surface area contributed by atoms with Crippen molar-refractivity contribution in [2.75, 3.05) is 12.3 Å². The van der Waals surface area contributed by atoms with Crippen LogP contribution < -0.4 is 15.2 Å². The van der Waals surface area contributed by atoms with Crippen LogP contribution in [0.15, 0.2) is 40.8 Å². The first-order valence-corrected chi connectivity index (χ1v) is 7.88. The molecule has 0 bridgehead atoms. The van der Waals surface area contributed by atoms with Gasteiger partial charge in [-0.15, -0.1) is 5.10 Å². The molecule has 0 aliphatic rings. The van der Waals surface area contributed by atoms with Crippen LogP contribution in [0.2, 0.25) is 5.02 Å². The molecule has 0 spiro atoms. The van der Waals surface area contributed by atoms with E-state index in [1.54, 1.807) is 30.3 Å². The van der Waals surface area contributed by atoms with E-state index in [2.05, 4.69) is 10.2 Å². The predicted molar refractivity (Wildman–Crippen MR) is 91.1 cm³/mol. The molecule has 2 aromatic carbocycles. The third-order valence-electron chi connectivity index (χ3n) is 3.33. The summed E-state index contributed by atoms with van der Waals surface area (Å²) in [6, 6.07) is 9.54. The van der Waals surface area contributed by atoms with Crippen LogP contribution in [0.4, 0.5) is 10.4 Å². The Labute approximate surface area is 148 Å². The number of hydrogen-bond donors (Lipinski definition) is 1. The van der Waals surface area contributed by atoms with E-state index in [1.165, 1.54) is 6.07 Å². The summed E-state index contributed by atoms with van der Waals surface area (Å²) in [4.78, 5) is 0. The first kappa shape index (κ1) is 17.0. The molecule has 0 fully saturated rings. The smallest absolute Gasteiger partial charge is 0.313 e. The number of anilines is 1. The Kier molecular flexibility index (Phi) is 5.04. The highest BCUT2D eigenvalue weighted by molar-refractivity contribution is 6.32. The lowest BCUT2D eigenvalue weighted by atomic mass is 10.2. The van der Waals surface area contributed by atoms with Crippen LogP contribution in [-0.4, -0.2) is 16.8 Å². The van der Waals surface area contributed by atoms with Crippen molar-refractivity contribution in [3.8, 4) is 23.0 Å². The van der Waals surface area contributed by atoms with E-state index in [9.17, 15) is 4.39 Å². The maximum absolute atomic E-state index is 13.7. The number of aromatic nitrogens is 2.